The Morgan fingerprint density at radius 3 is 2.67 bits per heavy atom. The van der Waals surface area contributed by atoms with E-state index in [0.29, 0.717) is 12.1 Å². The third-order valence-corrected chi connectivity index (χ3v) is 5.95. The van der Waals surface area contributed by atoms with Gasteiger partial charge in [-0.15, -0.1) is 11.3 Å². The van der Waals surface area contributed by atoms with E-state index in [-0.39, 0.29) is 0 Å². The molecular formula is C18H22BrNS. The van der Waals surface area contributed by atoms with Crippen molar-refractivity contribution in [3.63, 3.8) is 0 Å². The quantitative estimate of drug-likeness (QED) is 0.677. The minimum Gasteiger partial charge on any atom is -0.302 e. The third-order valence-electron chi connectivity index (χ3n) is 4.50. The summed E-state index contributed by atoms with van der Waals surface area (Å²) >= 11 is 5.46. The van der Waals surface area contributed by atoms with Crippen LogP contribution in [0.15, 0.2) is 46.3 Å². The van der Waals surface area contributed by atoms with Gasteiger partial charge < -0.3 is 5.32 Å². The minimum absolute atomic E-state index is 0.371. The lowest BCUT2D eigenvalue weighted by molar-refractivity contribution is 0.343. The largest absolute Gasteiger partial charge is 0.302 e. The fraction of sp³-hybridized carbons (Fsp3) is 0.444. The second-order valence-electron chi connectivity index (χ2n) is 5.98. The van der Waals surface area contributed by atoms with Crippen LogP contribution >= 0.6 is 27.3 Å². The van der Waals surface area contributed by atoms with Gasteiger partial charge in [-0.2, -0.15) is 0 Å². The smallest absolute Gasteiger partial charge is 0.0448 e. The molecule has 1 unspecified atom stereocenters. The Hall–Kier alpha value is -0.640. The van der Waals surface area contributed by atoms with Gasteiger partial charge in [0.1, 0.15) is 0 Å². The number of thiophene rings is 1. The lowest BCUT2D eigenvalue weighted by atomic mass is 9.95. The molecule has 1 aromatic carbocycles. The molecule has 2 atom stereocenters. The third kappa shape index (κ3) is 3.77. The van der Waals surface area contributed by atoms with Crippen LogP contribution in [0.1, 0.15) is 55.1 Å². The monoisotopic (exact) mass is 363 g/mol. The highest BCUT2D eigenvalue weighted by molar-refractivity contribution is 9.10. The first-order valence-corrected chi connectivity index (χ1v) is 9.46. The molecule has 112 valence electrons. The fourth-order valence-electron chi connectivity index (χ4n) is 3.35. The van der Waals surface area contributed by atoms with E-state index >= 15 is 0 Å². The molecule has 1 nitrogen and oxygen atoms in total. The first kappa shape index (κ1) is 15.3. The Bertz CT molecular complexity index is 560. The number of halogens is 1. The molecule has 21 heavy (non-hydrogen) atoms. The average molecular weight is 364 g/mol. The van der Waals surface area contributed by atoms with Crippen molar-refractivity contribution in [2.75, 3.05) is 0 Å². The average Bonchev–Trinajstić information content (AvgIpc) is 3.18. The number of hydrogen-bond donors (Lipinski definition) is 1. The normalized spacial score (nSPS) is 18.8. The predicted molar refractivity (Wildman–Crippen MR) is 94.7 cm³/mol. The summed E-state index contributed by atoms with van der Waals surface area (Å²) in [5.74, 6) is 0.790. The maximum Gasteiger partial charge on any atom is 0.0448 e. The van der Waals surface area contributed by atoms with Gasteiger partial charge in [0, 0.05) is 21.4 Å². The van der Waals surface area contributed by atoms with Gasteiger partial charge in [0.05, 0.1) is 0 Å². The summed E-state index contributed by atoms with van der Waals surface area (Å²) < 4.78 is 1.15. The molecule has 1 aromatic heterocycles. The molecular weight excluding hydrogens is 342 g/mol. The summed E-state index contributed by atoms with van der Waals surface area (Å²) in [6.07, 6.45) is 5.50. The molecule has 0 aliphatic heterocycles. The summed E-state index contributed by atoms with van der Waals surface area (Å²) in [7, 11) is 0. The van der Waals surface area contributed by atoms with Gasteiger partial charge in [-0.1, -0.05) is 47.0 Å². The van der Waals surface area contributed by atoms with Crippen LogP contribution in [0.3, 0.4) is 0 Å². The number of benzene rings is 1. The Morgan fingerprint density at radius 2 is 2.00 bits per heavy atom. The predicted octanol–water partition coefficient (Wildman–Crippen LogP) is 6.09. The molecule has 0 spiro atoms. The first-order chi connectivity index (χ1) is 10.2. The van der Waals surface area contributed by atoms with Crippen molar-refractivity contribution in [2.24, 2.45) is 5.92 Å². The zero-order valence-electron chi connectivity index (χ0n) is 12.4. The van der Waals surface area contributed by atoms with Crippen LogP contribution < -0.4 is 5.32 Å². The summed E-state index contributed by atoms with van der Waals surface area (Å²) in [4.78, 5) is 1.49. The molecule has 1 heterocycles. The molecule has 3 rings (SSSR count). The van der Waals surface area contributed by atoms with Gasteiger partial charge >= 0.3 is 0 Å². The van der Waals surface area contributed by atoms with E-state index in [1.165, 1.54) is 36.1 Å². The maximum atomic E-state index is 3.89. The molecule has 2 aromatic rings. The summed E-state index contributed by atoms with van der Waals surface area (Å²) in [5.41, 5.74) is 1.35. The van der Waals surface area contributed by atoms with Crippen molar-refractivity contribution >= 4 is 27.3 Å². The van der Waals surface area contributed by atoms with E-state index in [9.17, 15) is 0 Å². The molecule has 1 saturated carbocycles. The second-order valence-corrected chi connectivity index (χ2v) is 7.88. The van der Waals surface area contributed by atoms with Crippen molar-refractivity contribution in [3.05, 3.63) is 56.7 Å². The van der Waals surface area contributed by atoms with Gasteiger partial charge in [0.2, 0.25) is 0 Å². The fourth-order valence-corrected chi connectivity index (χ4v) is 4.65. The van der Waals surface area contributed by atoms with Crippen molar-refractivity contribution in [2.45, 2.75) is 44.7 Å². The van der Waals surface area contributed by atoms with Crippen LogP contribution in [0, 0.1) is 5.92 Å². The molecule has 0 amide bonds. The molecule has 1 N–H and O–H groups in total. The summed E-state index contributed by atoms with van der Waals surface area (Å²) in [5, 5.41) is 6.09. The zero-order valence-corrected chi connectivity index (χ0v) is 14.8. The SMILES string of the molecule is C[C@@H](NC(c1cccs1)C1CCCC1)c1cccc(Br)c1. The lowest BCUT2D eigenvalue weighted by Gasteiger charge is -2.28. The van der Waals surface area contributed by atoms with E-state index in [2.05, 4.69) is 69.9 Å². The topological polar surface area (TPSA) is 12.0 Å². The first-order valence-electron chi connectivity index (χ1n) is 7.79. The van der Waals surface area contributed by atoms with E-state index in [1.54, 1.807) is 0 Å². The van der Waals surface area contributed by atoms with Crippen molar-refractivity contribution in [3.8, 4) is 0 Å². The second kappa shape index (κ2) is 7.08. The Kier molecular flexibility index (Phi) is 5.15. The van der Waals surface area contributed by atoms with E-state index < -0.39 is 0 Å². The van der Waals surface area contributed by atoms with E-state index in [0.717, 1.165) is 10.4 Å². The van der Waals surface area contributed by atoms with Gasteiger partial charge in [-0.3, -0.25) is 0 Å². The summed E-state index contributed by atoms with van der Waals surface area (Å²) in [6, 6.07) is 14.0. The molecule has 0 bridgehead atoms. The molecule has 1 aliphatic rings. The van der Waals surface area contributed by atoms with Crippen LogP contribution in [0.4, 0.5) is 0 Å². The highest BCUT2D eigenvalue weighted by atomic mass is 79.9. The van der Waals surface area contributed by atoms with Crippen molar-refractivity contribution in [1.82, 2.24) is 5.32 Å². The molecule has 1 fully saturated rings. The maximum absolute atomic E-state index is 3.89. The molecule has 0 saturated heterocycles. The van der Waals surface area contributed by atoms with Crippen molar-refractivity contribution in [1.29, 1.82) is 0 Å². The highest BCUT2D eigenvalue weighted by Gasteiger charge is 2.28. The van der Waals surface area contributed by atoms with Gasteiger partial charge in [0.15, 0.2) is 0 Å². The van der Waals surface area contributed by atoms with E-state index in [1.807, 2.05) is 11.3 Å². The van der Waals surface area contributed by atoms with Crippen LogP contribution in [0.2, 0.25) is 0 Å². The Labute approximate surface area is 139 Å². The number of hydrogen-bond acceptors (Lipinski definition) is 2. The highest BCUT2D eigenvalue weighted by Crippen LogP contribution is 2.38. The summed E-state index contributed by atoms with van der Waals surface area (Å²) in [6.45, 7) is 2.28. The molecule has 0 radical (unpaired) electrons. The zero-order chi connectivity index (χ0) is 14.7. The number of rotatable bonds is 5. The molecule has 3 heteroatoms. The standard InChI is InChI=1S/C18H22BrNS/c1-13(15-8-4-9-16(19)12-15)20-18(14-6-2-3-7-14)17-10-5-11-21-17/h4-5,8-14,18,20H,2-3,6-7H2,1H3/t13-,18?/m1/s1. The van der Waals surface area contributed by atoms with Crippen LogP contribution in [-0.4, -0.2) is 0 Å². The molecule has 1 aliphatic carbocycles. The number of nitrogens with one attached hydrogen (secondary N) is 1. The Balaban J connectivity index is 1.77. The van der Waals surface area contributed by atoms with Gasteiger partial charge in [0.25, 0.3) is 0 Å². The lowest BCUT2D eigenvalue weighted by Crippen LogP contribution is -2.29. The minimum atomic E-state index is 0.371. The van der Waals surface area contributed by atoms with Gasteiger partial charge in [-0.25, -0.2) is 0 Å². The van der Waals surface area contributed by atoms with E-state index in [4.69, 9.17) is 0 Å². The van der Waals surface area contributed by atoms with Crippen molar-refractivity contribution < 1.29 is 0 Å². The van der Waals surface area contributed by atoms with Crippen LogP contribution in [0.25, 0.3) is 0 Å². The Morgan fingerprint density at radius 1 is 1.19 bits per heavy atom. The van der Waals surface area contributed by atoms with Crippen LogP contribution in [0.5, 0.6) is 0 Å². The van der Waals surface area contributed by atoms with Gasteiger partial charge in [-0.05, 0) is 54.8 Å². The van der Waals surface area contributed by atoms with Crippen LogP contribution in [-0.2, 0) is 0 Å².